The Kier molecular flexibility index (Phi) is 2.40. The van der Waals surface area contributed by atoms with Gasteiger partial charge >= 0.3 is 0 Å². The highest BCUT2D eigenvalue weighted by atomic mass is 32.2. The van der Waals surface area contributed by atoms with E-state index in [9.17, 15) is 0 Å². The molecule has 0 heterocycles. The minimum absolute atomic E-state index is 0.728. The third kappa shape index (κ3) is 1.38. The lowest BCUT2D eigenvalue weighted by molar-refractivity contribution is 0.893. The minimum atomic E-state index is 0.728. The van der Waals surface area contributed by atoms with Crippen LogP contribution in [0.25, 0.3) is 0 Å². The Morgan fingerprint density at radius 2 is 2.25 bits per heavy atom. The summed E-state index contributed by atoms with van der Waals surface area (Å²) in [4.78, 5) is 0. The topological polar surface area (TPSA) is 0 Å². The van der Waals surface area contributed by atoms with Gasteiger partial charge in [-0.2, -0.15) is 0 Å². The zero-order valence-corrected chi connectivity index (χ0v) is 8.10. The number of rotatable bonds is 2. The van der Waals surface area contributed by atoms with E-state index in [0.29, 0.717) is 0 Å². The van der Waals surface area contributed by atoms with Crippen LogP contribution in [0.3, 0.4) is 0 Å². The molecule has 63 valence electrons. The quantitative estimate of drug-likeness (QED) is 0.665. The molecule has 0 N–H and O–H groups in total. The Hall–Kier alpha value is -0.430. The summed E-state index contributed by atoms with van der Waals surface area (Å²) in [6.45, 7) is 2.12. The lowest BCUT2D eigenvalue weighted by Gasteiger charge is -2.08. The van der Waals surface area contributed by atoms with Gasteiger partial charge in [0.05, 0.1) is 0 Å². The molecule has 0 saturated heterocycles. The molecule has 1 heteroatoms. The maximum atomic E-state index is 2.27. The van der Waals surface area contributed by atoms with Crippen LogP contribution in [0, 0.1) is 5.75 Å². The van der Waals surface area contributed by atoms with E-state index >= 15 is 0 Å². The molecule has 1 unspecified atom stereocenters. The summed E-state index contributed by atoms with van der Waals surface area (Å²) >= 11 is 1.96. The van der Waals surface area contributed by atoms with Gasteiger partial charge in [0.2, 0.25) is 0 Å². The normalized spacial score (nSPS) is 20.9. The Morgan fingerprint density at radius 1 is 1.42 bits per heavy atom. The van der Waals surface area contributed by atoms with Crippen LogP contribution in [0.1, 0.15) is 29.7 Å². The molecule has 0 spiro atoms. The van der Waals surface area contributed by atoms with Gasteiger partial charge in [-0.1, -0.05) is 31.2 Å². The van der Waals surface area contributed by atoms with Gasteiger partial charge in [-0.15, -0.1) is 11.8 Å². The maximum Gasteiger partial charge on any atom is 0.0306 e. The molecule has 12 heavy (non-hydrogen) atoms. The Balaban J connectivity index is 2.24. The van der Waals surface area contributed by atoms with E-state index in [1.54, 1.807) is 11.1 Å². The number of hydrogen-bond donors (Lipinski definition) is 0. The average Bonchev–Trinajstić information content (AvgIpc) is 2.50. The zero-order valence-electron chi connectivity index (χ0n) is 7.29. The first-order valence-electron chi connectivity index (χ1n) is 4.43. The average molecular weight is 177 g/mol. The van der Waals surface area contributed by atoms with Crippen LogP contribution in [0.15, 0.2) is 24.3 Å². The lowest BCUT2D eigenvalue weighted by Crippen LogP contribution is -1.85. The second-order valence-corrected chi connectivity index (χ2v) is 4.41. The lowest BCUT2D eigenvalue weighted by atomic mass is 10.1. The van der Waals surface area contributed by atoms with E-state index < -0.39 is 0 Å². The fraction of sp³-hybridized carbons (Fsp3) is 0.364. The van der Waals surface area contributed by atoms with Crippen LogP contribution in [0.2, 0.25) is 0 Å². The molecule has 0 bridgehead atoms. The highest BCUT2D eigenvalue weighted by Gasteiger charge is 2.20. The van der Waals surface area contributed by atoms with Crippen molar-refractivity contribution in [1.29, 1.82) is 0 Å². The third-order valence-electron chi connectivity index (χ3n) is 2.38. The van der Waals surface area contributed by atoms with Crippen molar-refractivity contribution in [1.82, 2.24) is 0 Å². The van der Waals surface area contributed by atoms with Crippen LogP contribution >= 0.6 is 11.8 Å². The summed E-state index contributed by atoms with van der Waals surface area (Å²) in [5, 5.41) is 0.728. The summed E-state index contributed by atoms with van der Waals surface area (Å²) in [6.07, 6.45) is 2.58. The number of thioether (sulfide) groups is 1. The van der Waals surface area contributed by atoms with Crippen LogP contribution in [-0.4, -0.2) is 0 Å². The van der Waals surface area contributed by atoms with E-state index in [1.807, 2.05) is 11.8 Å². The van der Waals surface area contributed by atoms with Crippen molar-refractivity contribution in [3.63, 3.8) is 0 Å². The summed E-state index contributed by atoms with van der Waals surface area (Å²) in [5.41, 5.74) is 3.11. The van der Waals surface area contributed by atoms with Crippen molar-refractivity contribution in [3.8, 4) is 0 Å². The predicted molar refractivity (Wildman–Crippen MR) is 55.1 cm³/mol. The fourth-order valence-corrected chi connectivity index (χ4v) is 2.78. The summed E-state index contributed by atoms with van der Waals surface area (Å²) in [6, 6.07) is 8.81. The van der Waals surface area contributed by atoms with Gasteiger partial charge in [-0.3, -0.25) is 0 Å². The molecule has 1 aromatic rings. The van der Waals surface area contributed by atoms with Gasteiger partial charge in [-0.25, -0.2) is 0 Å². The molecule has 0 amide bonds. The van der Waals surface area contributed by atoms with Crippen molar-refractivity contribution < 1.29 is 0 Å². The molecule has 0 nitrogen and oxygen atoms in total. The Labute approximate surface area is 78.4 Å². The van der Waals surface area contributed by atoms with Crippen LogP contribution in [-0.2, 0) is 6.42 Å². The van der Waals surface area contributed by atoms with Gasteiger partial charge in [-0.05, 0) is 24.0 Å². The van der Waals surface area contributed by atoms with E-state index in [4.69, 9.17) is 0 Å². The van der Waals surface area contributed by atoms with Gasteiger partial charge in [0, 0.05) is 11.0 Å². The minimum Gasteiger partial charge on any atom is -0.149 e. The summed E-state index contributed by atoms with van der Waals surface area (Å²) in [7, 11) is 0. The standard InChI is InChI=1S/C11H13S/c1-2-12-11-8-7-9-5-3-4-6-10(9)11/h2-6,11H,7-8H2,1H3. The Morgan fingerprint density at radius 3 is 3.08 bits per heavy atom. The monoisotopic (exact) mass is 177 g/mol. The van der Waals surface area contributed by atoms with Crippen molar-refractivity contribution in [2.75, 3.05) is 0 Å². The smallest absolute Gasteiger partial charge is 0.0306 e. The molecule has 2 rings (SSSR count). The molecule has 0 aromatic heterocycles. The molecule has 1 aromatic carbocycles. The van der Waals surface area contributed by atoms with E-state index in [1.165, 1.54) is 12.8 Å². The summed E-state index contributed by atoms with van der Waals surface area (Å²) < 4.78 is 0. The summed E-state index contributed by atoms with van der Waals surface area (Å²) in [5.74, 6) is 2.20. The van der Waals surface area contributed by atoms with Crippen molar-refractivity contribution in [2.45, 2.75) is 25.0 Å². The molecular weight excluding hydrogens is 164 g/mol. The molecular formula is C11H13S. The van der Waals surface area contributed by atoms with Gasteiger partial charge in [0.1, 0.15) is 0 Å². The number of benzene rings is 1. The molecule has 1 aliphatic rings. The molecule has 1 aliphatic carbocycles. The molecule has 0 fully saturated rings. The highest BCUT2D eigenvalue weighted by Crippen LogP contribution is 2.41. The van der Waals surface area contributed by atoms with Gasteiger partial charge in [0.15, 0.2) is 0 Å². The predicted octanol–water partition coefficient (Wildman–Crippen LogP) is 3.59. The van der Waals surface area contributed by atoms with Crippen molar-refractivity contribution in [2.24, 2.45) is 0 Å². The fourth-order valence-electron chi connectivity index (χ4n) is 1.82. The first-order chi connectivity index (χ1) is 5.92. The Bertz CT molecular complexity index is 265. The van der Waals surface area contributed by atoms with Crippen LogP contribution in [0.4, 0.5) is 0 Å². The third-order valence-corrected chi connectivity index (χ3v) is 3.47. The van der Waals surface area contributed by atoms with E-state index in [2.05, 4.69) is 36.9 Å². The van der Waals surface area contributed by atoms with Gasteiger partial charge in [0.25, 0.3) is 0 Å². The van der Waals surface area contributed by atoms with Crippen molar-refractivity contribution >= 4 is 11.8 Å². The molecule has 0 aliphatic heterocycles. The maximum absolute atomic E-state index is 2.27. The van der Waals surface area contributed by atoms with Crippen molar-refractivity contribution in [3.05, 3.63) is 41.1 Å². The zero-order chi connectivity index (χ0) is 8.39. The number of fused-ring (bicyclic) bond motifs is 1. The first-order valence-corrected chi connectivity index (χ1v) is 5.37. The van der Waals surface area contributed by atoms with Crippen LogP contribution in [0.5, 0.6) is 0 Å². The first kappa shape index (κ1) is 8.18. The second kappa shape index (κ2) is 3.53. The number of aryl methyl sites for hydroxylation is 1. The molecule has 0 saturated carbocycles. The van der Waals surface area contributed by atoms with E-state index in [-0.39, 0.29) is 0 Å². The molecule has 1 atom stereocenters. The van der Waals surface area contributed by atoms with Gasteiger partial charge < -0.3 is 0 Å². The largest absolute Gasteiger partial charge is 0.149 e. The second-order valence-electron chi connectivity index (χ2n) is 3.10. The SMILES string of the molecule is C[CH]SC1CCc2ccccc21. The number of hydrogen-bond acceptors (Lipinski definition) is 1. The van der Waals surface area contributed by atoms with E-state index in [0.717, 1.165) is 5.25 Å². The van der Waals surface area contributed by atoms with Crippen LogP contribution < -0.4 is 0 Å². The molecule has 1 radical (unpaired) electrons. The highest BCUT2D eigenvalue weighted by molar-refractivity contribution is 8.01.